The molecule has 0 saturated carbocycles. The maximum Gasteiger partial charge on any atom is 0.241 e. The fourth-order valence-corrected chi connectivity index (χ4v) is 5.18. The fourth-order valence-electron chi connectivity index (χ4n) is 5.18. The van der Waals surface area contributed by atoms with Crippen LogP contribution in [0.5, 0.6) is 0 Å². The van der Waals surface area contributed by atoms with Gasteiger partial charge in [-0.3, -0.25) is 14.3 Å². The van der Waals surface area contributed by atoms with Crippen LogP contribution in [0.2, 0.25) is 0 Å². The van der Waals surface area contributed by atoms with Crippen molar-refractivity contribution in [2.75, 3.05) is 19.6 Å². The number of carbonyl (C=O) groups is 2. The summed E-state index contributed by atoms with van der Waals surface area (Å²) >= 11 is 0. The van der Waals surface area contributed by atoms with E-state index in [0.717, 1.165) is 32.2 Å². The number of nitrogens with zero attached hydrogens (tertiary/aromatic N) is 3. The van der Waals surface area contributed by atoms with Gasteiger partial charge in [-0.2, -0.15) is 5.10 Å². The molecule has 1 aromatic rings. The normalized spacial score (nSPS) is 30.9. The SMILES string of the molecule is CC=CCCCC(=O)N1C[C@@H]2[C@H](CNC(=O)Cn3cccn3)[C@H]3CC[C@]2(C1)O3. The second-order valence-electron chi connectivity index (χ2n) is 8.27. The summed E-state index contributed by atoms with van der Waals surface area (Å²) in [4.78, 5) is 26.9. The highest BCUT2D eigenvalue weighted by atomic mass is 16.5. The van der Waals surface area contributed by atoms with Gasteiger partial charge in [0, 0.05) is 43.7 Å². The quantitative estimate of drug-likeness (QED) is 0.546. The van der Waals surface area contributed by atoms with E-state index in [4.69, 9.17) is 4.74 Å². The maximum atomic E-state index is 12.6. The summed E-state index contributed by atoms with van der Waals surface area (Å²) in [5.41, 5.74) is -0.180. The maximum absolute atomic E-state index is 12.6. The van der Waals surface area contributed by atoms with Crippen LogP contribution >= 0.6 is 0 Å². The van der Waals surface area contributed by atoms with Crippen molar-refractivity contribution in [1.82, 2.24) is 20.0 Å². The van der Waals surface area contributed by atoms with Gasteiger partial charge in [0.1, 0.15) is 6.54 Å². The lowest BCUT2D eigenvalue weighted by molar-refractivity contribution is -0.132. The average Bonchev–Trinajstić information content (AvgIpc) is 3.44. The van der Waals surface area contributed by atoms with Gasteiger partial charge in [0.25, 0.3) is 0 Å². The lowest BCUT2D eigenvalue weighted by Gasteiger charge is -2.29. The van der Waals surface area contributed by atoms with Gasteiger partial charge >= 0.3 is 0 Å². The van der Waals surface area contributed by atoms with E-state index in [0.29, 0.717) is 25.4 Å². The van der Waals surface area contributed by atoms with Crippen LogP contribution in [0.15, 0.2) is 30.6 Å². The van der Waals surface area contributed by atoms with Crippen molar-refractivity contribution in [3.63, 3.8) is 0 Å². The summed E-state index contributed by atoms with van der Waals surface area (Å²) in [5.74, 6) is 0.823. The minimum Gasteiger partial charge on any atom is -0.369 e. The van der Waals surface area contributed by atoms with Crippen LogP contribution in [-0.2, 0) is 20.9 Å². The summed E-state index contributed by atoms with van der Waals surface area (Å²) < 4.78 is 8.01. The van der Waals surface area contributed by atoms with Crippen molar-refractivity contribution in [3.8, 4) is 0 Å². The first-order chi connectivity index (χ1) is 13.6. The molecule has 4 heterocycles. The molecule has 1 spiro atoms. The van der Waals surface area contributed by atoms with Crippen molar-refractivity contribution < 1.29 is 14.3 Å². The minimum atomic E-state index is -0.180. The topological polar surface area (TPSA) is 76.5 Å². The summed E-state index contributed by atoms with van der Waals surface area (Å²) in [5, 5.41) is 7.13. The highest BCUT2D eigenvalue weighted by molar-refractivity contribution is 5.77. The monoisotopic (exact) mass is 386 g/mol. The van der Waals surface area contributed by atoms with E-state index in [-0.39, 0.29) is 36.0 Å². The fraction of sp³-hybridized carbons (Fsp3) is 0.667. The molecular weight excluding hydrogens is 356 g/mol. The van der Waals surface area contributed by atoms with Crippen molar-refractivity contribution in [1.29, 1.82) is 0 Å². The van der Waals surface area contributed by atoms with E-state index in [2.05, 4.69) is 16.5 Å². The van der Waals surface area contributed by atoms with Crippen LogP contribution in [0.3, 0.4) is 0 Å². The minimum absolute atomic E-state index is 0.0320. The molecule has 3 saturated heterocycles. The van der Waals surface area contributed by atoms with Gasteiger partial charge in [0.05, 0.1) is 18.2 Å². The Kier molecular flexibility index (Phi) is 5.53. The number of carbonyl (C=O) groups excluding carboxylic acids is 2. The zero-order valence-electron chi connectivity index (χ0n) is 16.5. The average molecular weight is 386 g/mol. The number of amides is 2. The predicted molar refractivity (Wildman–Crippen MR) is 104 cm³/mol. The van der Waals surface area contributed by atoms with Gasteiger partial charge in [-0.05, 0) is 38.7 Å². The van der Waals surface area contributed by atoms with Gasteiger partial charge < -0.3 is 15.0 Å². The van der Waals surface area contributed by atoms with Gasteiger partial charge in [-0.25, -0.2) is 0 Å². The number of hydrogen-bond donors (Lipinski definition) is 1. The van der Waals surface area contributed by atoms with Crippen molar-refractivity contribution in [2.45, 2.75) is 57.3 Å². The smallest absolute Gasteiger partial charge is 0.241 e. The van der Waals surface area contributed by atoms with Crippen LogP contribution in [-0.4, -0.2) is 57.8 Å². The predicted octanol–water partition coefficient (Wildman–Crippen LogP) is 1.75. The van der Waals surface area contributed by atoms with Gasteiger partial charge in [0.2, 0.25) is 11.8 Å². The number of ether oxygens (including phenoxy) is 1. The number of aromatic nitrogens is 2. The van der Waals surface area contributed by atoms with Crippen LogP contribution < -0.4 is 5.32 Å². The Morgan fingerprint density at radius 2 is 2.32 bits per heavy atom. The highest BCUT2D eigenvalue weighted by Crippen LogP contribution is 2.54. The van der Waals surface area contributed by atoms with Crippen LogP contribution in [0.4, 0.5) is 0 Å². The molecule has 7 nitrogen and oxygen atoms in total. The lowest BCUT2D eigenvalue weighted by atomic mass is 9.73. The first-order valence-electron chi connectivity index (χ1n) is 10.4. The standard InChI is InChI=1S/C21H30N4O3/c1-2-3-4-5-7-20(27)24-13-17-16(18-8-9-21(17,15-24)28-18)12-22-19(26)14-25-11-6-10-23-25/h2-3,6,10-11,16-18H,4-5,7-9,12-15H2,1H3,(H,22,26)/t16-,17+,18+,21+/m0/s1. The van der Waals surface area contributed by atoms with E-state index < -0.39 is 0 Å². The second kappa shape index (κ2) is 8.07. The first-order valence-corrected chi connectivity index (χ1v) is 10.4. The molecular formula is C21H30N4O3. The molecule has 3 aliphatic heterocycles. The van der Waals surface area contributed by atoms with Crippen LogP contribution in [0.1, 0.15) is 39.0 Å². The molecule has 3 fully saturated rings. The number of hydrogen-bond acceptors (Lipinski definition) is 4. The molecule has 1 N–H and O–H groups in total. The zero-order valence-corrected chi connectivity index (χ0v) is 16.5. The number of nitrogens with one attached hydrogen (secondary N) is 1. The highest BCUT2D eigenvalue weighted by Gasteiger charge is 2.63. The Hall–Kier alpha value is -2.15. The molecule has 1 aromatic heterocycles. The molecule has 7 heteroatoms. The van der Waals surface area contributed by atoms with Crippen LogP contribution in [0.25, 0.3) is 0 Å². The molecule has 0 unspecified atom stereocenters. The van der Waals surface area contributed by atoms with Gasteiger partial charge in [-0.1, -0.05) is 12.2 Å². The Balaban J connectivity index is 1.31. The molecule has 0 radical (unpaired) electrons. The molecule has 2 amide bonds. The van der Waals surface area contributed by atoms with E-state index in [1.807, 2.05) is 24.0 Å². The number of likely N-dealkylation sites (tertiary alicyclic amines) is 1. The second-order valence-corrected chi connectivity index (χ2v) is 8.27. The molecule has 3 aliphatic rings. The Bertz CT molecular complexity index is 732. The third kappa shape index (κ3) is 3.72. The molecule has 28 heavy (non-hydrogen) atoms. The molecule has 4 atom stereocenters. The first kappa shape index (κ1) is 19.2. The number of unbranched alkanes of at least 4 members (excludes halogenated alkanes) is 1. The number of allylic oxidation sites excluding steroid dienone is 2. The number of rotatable bonds is 8. The van der Waals surface area contributed by atoms with Crippen molar-refractivity contribution in [2.24, 2.45) is 11.8 Å². The van der Waals surface area contributed by atoms with E-state index in [9.17, 15) is 9.59 Å². The third-order valence-corrected chi connectivity index (χ3v) is 6.53. The van der Waals surface area contributed by atoms with E-state index in [1.165, 1.54) is 0 Å². The van der Waals surface area contributed by atoms with E-state index >= 15 is 0 Å². The third-order valence-electron chi connectivity index (χ3n) is 6.53. The lowest BCUT2D eigenvalue weighted by Crippen LogP contribution is -2.42. The van der Waals surface area contributed by atoms with Gasteiger partial charge in [0.15, 0.2) is 0 Å². The zero-order chi connectivity index (χ0) is 19.6. The number of fused-ring (bicyclic) bond motifs is 1. The molecule has 0 aromatic carbocycles. The molecule has 2 bridgehead atoms. The molecule has 0 aliphatic carbocycles. The summed E-state index contributed by atoms with van der Waals surface area (Å²) in [7, 11) is 0. The Morgan fingerprint density at radius 1 is 1.43 bits per heavy atom. The molecule has 152 valence electrons. The van der Waals surface area contributed by atoms with E-state index in [1.54, 1.807) is 17.1 Å². The molecule has 4 rings (SSSR count). The summed E-state index contributed by atoms with van der Waals surface area (Å²) in [6, 6.07) is 1.81. The largest absolute Gasteiger partial charge is 0.369 e. The van der Waals surface area contributed by atoms with Crippen molar-refractivity contribution in [3.05, 3.63) is 30.6 Å². The Labute approximate surface area is 166 Å². The van der Waals surface area contributed by atoms with Gasteiger partial charge in [-0.15, -0.1) is 0 Å². The Morgan fingerprint density at radius 3 is 3.11 bits per heavy atom. The van der Waals surface area contributed by atoms with Crippen LogP contribution in [0, 0.1) is 11.8 Å². The van der Waals surface area contributed by atoms with Crippen molar-refractivity contribution >= 4 is 11.8 Å². The summed E-state index contributed by atoms with van der Waals surface area (Å²) in [6.07, 6.45) is 12.3. The summed E-state index contributed by atoms with van der Waals surface area (Å²) in [6.45, 7) is 4.33.